The second-order valence-corrected chi connectivity index (χ2v) is 12.2. The Kier molecular flexibility index (Phi) is 11.2. The fourth-order valence-electron chi connectivity index (χ4n) is 4.60. The summed E-state index contributed by atoms with van der Waals surface area (Å²) >= 11 is 3.02. The number of hydrazine groups is 1. The molecule has 1 unspecified atom stereocenters. The molecule has 0 aliphatic heterocycles. The Hall–Kier alpha value is -2.17. The molecule has 1 fully saturated rings. The first-order valence-corrected chi connectivity index (χ1v) is 15.1. The van der Waals surface area contributed by atoms with Gasteiger partial charge in [-0.15, -0.1) is 11.3 Å². The number of hydrogen-bond acceptors (Lipinski definition) is 7. The van der Waals surface area contributed by atoms with Crippen LogP contribution >= 0.6 is 23.1 Å². The van der Waals surface area contributed by atoms with Crippen LogP contribution in [0.4, 0.5) is 0 Å². The molecule has 0 bridgehead atoms. The molecule has 37 heavy (non-hydrogen) atoms. The van der Waals surface area contributed by atoms with Gasteiger partial charge in [-0.05, 0) is 42.4 Å². The SMILES string of the molecule is CCC(=O)N[C@@H](Cc1nc2ccc(C(C)C)cc2s1)C(=O)NC(CSC(=N)N(C)NC)C1CCCCC1.[HH].[HH]. The minimum Gasteiger partial charge on any atom is -0.350 e. The summed E-state index contributed by atoms with van der Waals surface area (Å²) in [6, 6.07) is 5.57. The van der Waals surface area contributed by atoms with Gasteiger partial charge in [-0.25, -0.2) is 10.4 Å². The molecular formula is C27H46N6O2S2. The second kappa shape index (κ2) is 14.1. The lowest BCUT2D eigenvalue weighted by Gasteiger charge is -2.32. The van der Waals surface area contributed by atoms with E-state index in [0.29, 0.717) is 35.6 Å². The maximum Gasteiger partial charge on any atom is 0.243 e. The predicted octanol–water partition coefficient (Wildman–Crippen LogP) is 5.15. The molecule has 4 N–H and O–H groups in total. The van der Waals surface area contributed by atoms with E-state index in [9.17, 15) is 9.59 Å². The Labute approximate surface area is 232 Å². The van der Waals surface area contributed by atoms with E-state index >= 15 is 0 Å². The summed E-state index contributed by atoms with van der Waals surface area (Å²) in [4.78, 5) is 30.7. The van der Waals surface area contributed by atoms with Crippen molar-refractivity contribution in [2.75, 3.05) is 19.8 Å². The summed E-state index contributed by atoms with van der Waals surface area (Å²) in [5.74, 6) is 1.10. The number of carbonyl (C=O) groups is 2. The molecular weight excluding hydrogens is 504 g/mol. The van der Waals surface area contributed by atoms with E-state index in [0.717, 1.165) is 40.9 Å². The molecule has 0 saturated heterocycles. The maximum absolute atomic E-state index is 13.6. The third kappa shape index (κ3) is 8.41. The lowest BCUT2D eigenvalue weighted by Crippen LogP contribution is -2.53. The van der Waals surface area contributed by atoms with Crippen LogP contribution in [0.2, 0.25) is 0 Å². The van der Waals surface area contributed by atoms with Gasteiger partial charge in [-0.2, -0.15) is 0 Å². The Morgan fingerprint density at radius 3 is 2.62 bits per heavy atom. The minimum atomic E-state index is -0.687. The summed E-state index contributed by atoms with van der Waals surface area (Å²) in [6.07, 6.45) is 6.37. The number of carbonyl (C=O) groups excluding carboxylic acids is 2. The number of benzene rings is 1. The zero-order chi connectivity index (χ0) is 26.9. The number of fused-ring (bicyclic) bond motifs is 1. The maximum atomic E-state index is 13.6. The van der Waals surface area contributed by atoms with Crippen molar-refractivity contribution in [1.82, 2.24) is 26.1 Å². The molecule has 0 spiro atoms. The summed E-state index contributed by atoms with van der Waals surface area (Å²) in [5.41, 5.74) is 5.14. The van der Waals surface area contributed by atoms with Gasteiger partial charge >= 0.3 is 0 Å². The molecule has 1 saturated carbocycles. The molecule has 1 aromatic heterocycles. The first kappa shape index (κ1) is 29.4. The minimum absolute atomic E-state index is 0. The molecule has 3 rings (SSSR count). The van der Waals surface area contributed by atoms with Crippen LogP contribution in [0.1, 0.15) is 78.6 Å². The molecule has 1 aromatic carbocycles. The van der Waals surface area contributed by atoms with Crippen molar-refractivity contribution in [1.29, 1.82) is 5.41 Å². The molecule has 10 heteroatoms. The van der Waals surface area contributed by atoms with Gasteiger partial charge in [0.15, 0.2) is 5.17 Å². The van der Waals surface area contributed by atoms with Gasteiger partial charge in [0.05, 0.1) is 15.2 Å². The molecule has 1 heterocycles. The van der Waals surface area contributed by atoms with Crippen LogP contribution in [0.15, 0.2) is 18.2 Å². The van der Waals surface area contributed by atoms with Crippen LogP contribution in [-0.2, 0) is 16.0 Å². The zero-order valence-corrected chi connectivity index (χ0v) is 24.4. The largest absolute Gasteiger partial charge is 0.350 e. The number of aromatic nitrogens is 1. The van der Waals surface area contributed by atoms with Crippen molar-refractivity contribution < 1.29 is 12.4 Å². The van der Waals surface area contributed by atoms with Crippen molar-refractivity contribution >= 4 is 50.3 Å². The molecule has 2 aromatic rings. The highest BCUT2D eigenvalue weighted by Gasteiger charge is 2.30. The third-order valence-corrected chi connectivity index (χ3v) is 9.17. The van der Waals surface area contributed by atoms with Crippen LogP contribution in [0.5, 0.6) is 0 Å². The van der Waals surface area contributed by atoms with E-state index in [4.69, 9.17) is 10.4 Å². The van der Waals surface area contributed by atoms with Gasteiger partial charge in [0.2, 0.25) is 11.8 Å². The zero-order valence-electron chi connectivity index (χ0n) is 22.7. The number of thioether (sulfide) groups is 1. The molecule has 208 valence electrons. The van der Waals surface area contributed by atoms with Crippen LogP contribution in [0.3, 0.4) is 0 Å². The summed E-state index contributed by atoms with van der Waals surface area (Å²) < 4.78 is 1.10. The van der Waals surface area contributed by atoms with Gasteiger partial charge < -0.3 is 10.6 Å². The normalized spacial score (nSPS) is 15.9. The Morgan fingerprint density at radius 1 is 1.24 bits per heavy atom. The molecule has 2 atom stereocenters. The number of amides is 2. The monoisotopic (exact) mass is 550 g/mol. The highest BCUT2D eigenvalue weighted by atomic mass is 32.2. The van der Waals surface area contributed by atoms with Crippen molar-refractivity contribution in [3.8, 4) is 0 Å². The van der Waals surface area contributed by atoms with E-state index in [1.165, 1.54) is 23.7 Å². The number of thiazole rings is 1. The summed E-state index contributed by atoms with van der Waals surface area (Å²) in [7, 11) is 3.59. The standard InChI is InChI=1S/C27H42N6O2S2.2H2/c1-6-24(34)30-21(15-25-31-20-13-12-19(17(2)3)14-23(20)37-25)26(35)32-22(18-10-8-7-9-11-18)16-36-27(28)33(5)29-4;;/h12-14,17-18,21-22,28-29H,6-11,15-16H2,1-5H3,(H,30,34)(H,32,35);2*1H/t21-,22?;;/m0../s1. The Bertz CT molecular complexity index is 1080. The molecule has 2 amide bonds. The van der Waals surface area contributed by atoms with E-state index in [-0.39, 0.29) is 20.7 Å². The average molecular weight is 551 g/mol. The smallest absolute Gasteiger partial charge is 0.243 e. The summed E-state index contributed by atoms with van der Waals surface area (Å²) in [6.45, 7) is 6.13. The Balaban J connectivity index is 0.00000380. The highest BCUT2D eigenvalue weighted by molar-refractivity contribution is 8.13. The van der Waals surface area contributed by atoms with Crippen molar-refractivity contribution in [2.45, 2.75) is 83.7 Å². The van der Waals surface area contributed by atoms with E-state index < -0.39 is 6.04 Å². The van der Waals surface area contributed by atoms with Gasteiger partial charge in [0.25, 0.3) is 0 Å². The number of nitrogens with zero attached hydrogens (tertiary/aromatic N) is 2. The fourth-order valence-corrected chi connectivity index (χ4v) is 6.64. The van der Waals surface area contributed by atoms with Crippen LogP contribution < -0.4 is 16.1 Å². The highest BCUT2D eigenvalue weighted by Crippen LogP contribution is 2.29. The Morgan fingerprint density at radius 2 is 1.97 bits per heavy atom. The second-order valence-electron chi connectivity index (χ2n) is 10.1. The van der Waals surface area contributed by atoms with E-state index in [1.54, 1.807) is 30.3 Å². The predicted molar refractivity (Wildman–Crippen MR) is 159 cm³/mol. The lowest BCUT2D eigenvalue weighted by molar-refractivity contribution is -0.129. The molecule has 1 aliphatic carbocycles. The average Bonchev–Trinajstić information content (AvgIpc) is 3.31. The first-order valence-electron chi connectivity index (χ1n) is 13.3. The molecule has 1 aliphatic rings. The third-order valence-electron chi connectivity index (χ3n) is 7.06. The van der Waals surface area contributed by atoms with Gasteiger partial charge in [-0.3, -0.25) is 20.0 Å². The van der Waals surface area contributed by atoms with Crippen LogP contribution in [0, 0.1) is 11.3 Å². The summed E-state index contributed by atoms with van der Waals surface area (Å²) in [5, 5.41) is 17.4. The van der Waals surface area contributed by atoms with Crippen molar-refractivity contribution in [3.05, 3.63) is 28.8 Å². The van der Waals surface area contributed by atoms with Crippen LogP contribution in [-0.4, -0.2) is 58.9 Å². The van der Waals surface area contributed by atoms with E-state index in [2.05, 4.69) is 42.0 Å². The number of amidine groups is 1. The van der Waals surface area contributed by atoms with E-state index in [1.807, 2.05) is 13.1 Å². The van der Waals surface area contributed by atoms with Gasteiger partial charge in [0, 0.05) is 41.6 Å². The first-order chi connectivity index (χ1) is 17.7. The van der Waals surface area contributed by atoms with Crippen LogP contribution in [0.25, 0.3) is 10.2 Å². The van der Waals surface area contributed by atoms with Crippen molar-refractivity contribution in [2.24, 2.45) is 5.92 Å². The van der Waals surface area contributed by atoms with Crippen molar-refractivity contribution in [3.63, 3.8) is 0 Å². The molecule has 0 radical (unpaired) electrons. The quantitative estimate of drug-likeness (QED) is 0.175. The topological polar surface area (TPSA) is 110 Å². The number of rotatable bonds is 11. The molecule has 8 nitrogen and oxygen atoms in total. The fraction of sp³-hybridized carbons (Fsp3) is 0.630. The number of nitrogens with one attached hydrogen (secondary N) is 4. The van der Waals surface area contributed by atoms with Gasteiger partial charge in [-0.1, -0.05) is 57.9 Å². The number of hydrogen-bond donors (Lipinski definition) is 4. The van der Waals surface area contributed by atoms with Gasteiger partial charge in [0.1, 0.15) is 6.04 Å². The lowest BCUT2D eigenvalue weighted by atomic mass is 9.84.